The molecule has 0 aromatic rings. The molecule has 0 saturated carbocycles. The Morgan fingerprint density at radius 3 is 1.34 bits per heavy atom. The zero-order valence-electron chi connectivity index (χ0n) is 41.3. The van der Waals surface area contributed by atoms with Gasteiger partial charge in [-0.25, -0.2) is 0 Å². The van der Waals surface area contributed by atoms with Crippen LogP contribution in [0.3, 0.4) is 0 Å². The zero-order valence-corrected chi connectivity index (χ0v) is 41.3. The van der Waals surface area contributed by atoms with Gasteiger partial charge in [0.2, 0.25) is 0 Å². The zero-order chi connectivity index (χ0) is 46.6. The summed E-state index contributed by atoms with van der Waals surface area (Å²) in [5.41, 5.74) is 0. The summed E-state index contributed by atoms with van der Waals surface area (Å²) in [6, 6.07) is 0. The molecule has 0 spiro atoms. The third-order valence-electron chi connectivity index (χ3n) is 12.6. The van der Waals surface area contributed by atoms with Gasteiger partial charge >= 0.3 is 11.9 Å². The maximum absolute atomic E-state index is 12.8. The van der Waals surface area contributed by atoms with E-state index in [1.807, 2.05) is 0 Å². The summed E-state index contributed by atoms with van der Waals surface area (Å²) in [5.74, 6) is -0.846. The van der Waals surface area contributed by atoms with E-state index in [2.05, 4.69) is 38.2 Å². The summed E-state index contributed by atoms with van der Waals surface area (Å²) in [7, 11) is 0. The van der Waals surface area contributed by atoms with Gasteiger partial charge in [0, 0.05) is 12.8 Å². The number of aliphatic hydroxyl groups excluding tert-OH is 4. The van der Waals surface area contributed by atoms with Gasteiger partial charge in [0.25, 0.3) is 0 Å². The van der Waals surface area contributed by atoms with E-state index in [-0.39, 0.29) is 26.1 Å². The van der Waals surface area contributed by atoms with Gasteiger partial charge in [-0.1, -0.05) is 224 Å². The van der Waals surface area contributed by atoms with Crippen molar-refractivity contribution in [1.82, 2.24) is 0 Å². The SMILES string of the molecule is CCCCCCCCCCC/C=C/C/C=C/CCCC(=O)OC[C@H](CO[C@@H]1O[C@H](CO)[C@H](O)C(O)C1O)OC(=O)CCCCCCCCCCCCCCCCCCCCCCCC. The van der Waals surface area contributed by atoms with E-state index in [1.165, 1.54) is 173 Å². The average Bonchev–Trinajstić information content (AvgIpc) is 3.29. The van der Waals surface area contributed by atoms with Crippen LogP contribution in [0.15, 0.2) is 24.3 Å². The van der Waals surface area contributed by atoms with Crippen LogP contribution in [-0.2, 0) is 28.5 Å². The third kappa shape index (κ3) is 35.4. The van der Waals surface area contributed by atoms with Crippen molar-refractivity contribution < 1.29 is 49.0 Å². The summed E-state index contributed by atoms with van der Waals surface area (Å²) in [5, 5.41) is 40.2. The lowest BCUT2D eigenvalue weighted by Crippen LogP contribution is -2.59. The van der Waals surface area contributed by atoms with E-state index in [1.54, 1.807) is 0 Å². The van der Waals surface area contributed by atoms with Gasteiger partial charge in [-0.2, -0.15) is 0 Å². The highest BCUT2D eigenvalue weighted by Crippen LogP contribution is 2.23. The minimum absolute atomic E-state index is 0.215. The van der Waals surface area contributed by atoms with Gasteiger partial charge in [0.05, 0.1) is 13.2 Å². The smallest absolute Gasteiger partial charge is 0.306 e. The van der Waals surface area contributed by atoms with Gasteiger partial charge < -0.3 is 39.4 Å². The molecular formula is C54H100O10. The van der Waals surface area contributed by atoms with Crippen LogP contribution >= 0.6 is 0 Å². The summed E-state index contributed by atoms with van der Waals surface area (Å²) >= 11 is 0. The molecule has 1 aliphatic heterocycles. The molecule has 10 nitrogen and oxygen atoms in total. The van der Waals surface area contributed by atoms with E-state index >= 15 is 0 Å². The lowest BCUT2D eigenvalue weighted by Gasteiger charge is -2.39. The molecule has 0 aromatic carbocycles. The summed E-state index contributed by atoms with van der Waals surface area (Å²) in [6.45, 7) is 3.43. The fraction of sp³-hybridized carbons (Fsp3) is 0.889. The fourth-order valence-corrected chi connectivity index (χ4v) is 8.35. The molecule has 1 heterocycles. The molecule has 0 bridgehead atoms. The Kier molecular flexibility index (Phi) is 42.3. The predicted molar refractivity (Wildman–Crippen MR) is 261 cm³/mol. The first-order valence-corrected chi connectivity index (χ1v) is 26.9. The Morgan fingerprint density at radius 1 is 0.484 bits per heavy atom. The Labute approximate surface area is 392 Å². The van der Waals surface area contributed by atoms with Crippen LogP contribution in [0.1, 0.15) is 251 Å². The summed E-state index contributed by atoms with van der Waals surface area (Å²) < 4.78 is 22.2. The fourth-order valence-electron chi connectivity index (χ4n) is 8.35. The van der Waals surface area contributed by atoms with Crippen molar-refractivity contribution in [2.24, 2.45) is 0 Å². The number of carbonyl (C=O) groups is 2. The second-order valence-electron chi connectivity index (χ2n) is 18.7. The highest BCUT2D eigenvalue weighted by atomic mass is 16.7. The van der Waals surface area contributed by atoms with Crippen molar-refractivity contribution >= 4 is 11.9 Å². The molecule has 6 atom stereocenters. The Morgan fingerprint density at radius 2 is 0.891 bits per heavy atom. The molecule has 0 aliphatic carbocycles. The second kappa shape index (κ2) is 45.0. The van der Waals surface area contributed by atoms with Crippen molar-refractivity contribution in [1.29, 1.82) is 0 Å². The maximum Gasteiger partial charge on any atom is 0.306 e. The van der Waals surface area contributed by atoms with Gasteiger partial charge in [-0.3, -0.25) is 9.59 Å². The van der Waals surface area contributed by atoms with Crippen LogP contribution in [0.4, 0.5) is 0 Å². The molecule has 1 fully saturated rings. The quantitative estimate of drug-likeness (QED) is 0.0264. The Balaban J connectivity index is 2.25. The standard InChI is InChI=1S/C54H100O10/c1-3-5-7-9-11-13-15-17-19-21-22-23-24-25-27-29-31-33-35-37-39-41-43-50(57)63-47(46-62-54-53(60)52(59)51(58)48(44-55)64-54)45-61-49(56)42-40-38-36-34-32-30-28-26-20-18-16-14-12-10-8-6-4-2/h28,30,34,36,47-48,51-55,58-60H,3-27,29,31-33,35,37-46H2,1-2H3/b30-28+,36-34+/t47-,48-,51+,52?,53?,54-/m1/s1. The number of unbranched alkanes of at least 4 members (excludes halogenated alkanes) is 31. The van der Waals surface area contributed by atoms with Gasteiger partial charge in [0.15, 0.2) is 12.4 Å². The minimum atomic E-state index is -1.60. The summed E-state index contributed by atoms with van der Waals surface area (Å²) in [4.78, 5) is 25.4. The third-order valence-corrected chi connectivity index (χ3v) is 12.6. The normalized spacial score (nSPS) is 19.5. The number of hydrogen-bond donors (Lipinski definition) is 4. The number of esters is 2. The lowest BCUT2D eigenvalue weighted by molar-refractivity contribution is -0.305. The number of rotatable bonds is 46. The number of aliphatic hydroxyl groups is 4. The molecule has 0 aromatic heterocycles. The van der Waals surface area contributed by atoms with Crippen LogP contribution < -0.4 is 0 Å². The largest absolute Gasteiger partial charge is 0.462 e. The van der Waals surface area contributed by atoms with Crippen LogP contribution in [0, 0.1) is 0 Å². The molecule has 2 unspecified atom stereocenters. The summed E-state index contributed by atoms with van der Waals surface area (Å²) in [6.07, 6.45) is 44.9. The molecule has 4 N–H and O–H groups in total. The van der Waals surface area contributed by atoms with Crippen molar-refractivity contribution in [3.8, 4) is 0 Å². The van der Waals surface area contributed by atoms with Crippen molar-refractivity contribution in [2.45, 2.75) is 288 Å². The van der Waals surface area contributed by atoms with E-state index in [0.717, 1.165) is 38.5 Å². The number of carbonyl (C=O) groups excluding carboxylic acids is 2. The first-order chi connectivity index (χ1) is 31.3. The van der Waals surface area contributed by atoms with Crippen LogP contribution in [0.25, 0.3) is 0 Å². The Hall–Kier alpha value is -1.82. The van der Waals surface area contributed by atoms with E-state index in [9.17, 15) is 30.0 Å². The van der Waals surface area contributed by atoms with Gasteiger partial charge in [-0.15, -0.1) is 0 Å². The predicted octanol–water partition coefficient (Wildman–Crippen LogP) is 12.8. The lowest BCUT2D eigenvalue weighted by atomic mass is 9.99. The average molecular weight is 909 g/mol. The van der Waals surface area contributed by atoms with E-state index < -0.39 is 55.4 Å². The van der Waals surface area contributed by atoms with Gasteiger partial charge in [-0.05, 0) is 38.5 Å². The number of ether oxygens (including phenoxy) is 4. The molecule has 1 rings (SSSR count). The molecular weight excluding hydrogens is 809 g/mol. The number of hydrogen-bond acceptors (Lipinski definition) is 10. The van der Waals surface area contributed by atoms with E-state index in [4.69, 9.17) is 18.9 Å². The first-order valence-electron chi connectivity index (χ1n) is 26.9. The van der Waals surface area contributed by atoms with Crippen molar-refractivity contribution in [3.63, 3.8) is 0 Å². The second-order valence-corrected chi connectivity index (χ2v) is 18.7. The van der Waals surface area contributed by atoms with Crippen LogP contribution in [0.5, 0.6) is 0 Å². The topological polar surface area (TPSA) is 152 Å². The van der Waals surface area contributed by atoms with Crippen molar-refractivity contribution in [2.75, 3.05) is 19.8 Å². The van der Waals surface area contributed by atoms with Crippen LogP contribution in [-0.4, -0.2) is 89.0 Å². The first kappa shape index (κ1) is 60.2. The number of allylic oxidation sites excluding steroid dienone is 4. The van der Waals surface area contributed by atoms with E-state index in [0.29, 0.717) is 12.8 Å². The molecule has 376 valence electrons. The van der Waals surface area contributed by atoms with Crippen molar-refractivity contribution in [3.05, 3.63) is 24.3 Å². The molecule has 0 radical (unpaired) electrons. The molecule has 0 amide bonds. The van der Waals surface area contributed by atoms with Crippen LogP contribution in [0.2, 0.25) is 0 Å². The Bertz CT molecular complexity index is 1100. The molecule has 64 heavy (non-hydrogen) atoms. The monoisotopic (exact) mass is 909 g/mol. The molecule has 1 saturated heterocycles. The highest BCUT2D eigenvalue weighted by Gasteiger charge is 2.44. The minimum Gasteiger partial charge on any atom is -0.462 e. The maximum atomic E-state index is 12.8. The molecule has 1 aliphatic rings. The molecule has 10 heteroatoms. The van der Waals surface area contributed by atoms with Gasteiger partial charge in [0.1, 0.15) is 31.0 Å². The highest BCUT2D eigenvalue weighted by molar-refractivity contribution is 5.70.